The number of rotatable bonds is 6. The molecular weight excluding hydrogens is 250 g/mol. The molecule has 0 spiro atoms. The second-order valence-electron chi connectivity index (χ2n) is 5.45. The highest BCUT2D eigenvalue weighted by atomic mass is 16.2. The van der Waals surface area contributed by atoms with E-state index in [1.807, 2.05) is 4.90 Å². The monoisotopic (exact) mass is 275 g/mol. The SMILES string of the molecule is CCCN(CCCc1ccc2c(n1)NCCC2)C(C)=O. The predicted octanol–water partition coefficient (Wildman–Crippen LogP) is 2.63. The van der Waals surface area contributed by atoms with Crippen LogP contribution >= 0.6 is 0 Å². The molecule has 1 aliphatic heterocycles. The maximum atomic E-state index is 11.5. The third kappa shape index (κ3) is 3.95. The minimum Gasteiger partial charge on any atom is -0.370 e. The molecule has 0 aromatic carbocycles. The molecule has 110 valence electrons. The van der Waals surface area contributed by atoms with Gasteiger partial charge in [-0.2, -0.15) is 0 Å². The van der Waals surface area contributed by atoms with Crippen molar-refractivity contribution in [3.05, 3.63) is 23.4 Å². The van der Waals surface area contributed by atoms with Crippen LogP contribution in [0.4, 0.5) is 5.82 Å². The van der Waals surface area contributed by atoms with E-state index in [-0.39, 0.29) is 5.91 Å². The highest BCUT2D eigenvalue weighted by Crippen LogP contribution is 2.20. The van der Waals surface area contributed by atoms with Crippen molar-refractivity contribution in [1.82, 2.24) is 9.88 Å². The minimum absolute atomic E-state index is 0.173. The largest absolute Gasteiger partial charge is 0.370 e. The zero-order chi connectivity index (χ0) is 14.4. The zero-order valence-electron chi connectivity index (χ0n) is 12.6. The van der Waals surface area contributed by atoms with Crippen molar-refractivity contribution in [1.29, 1.82) is 0 Å². The number of nitrogens with one attached hydrogen (secondary N) is 1. The Balaban J connectivity index is 1.86. The zero-order valence-corrected chi connectivity index (χ0v) is 12.6. The molecular formula is C16H25N3O. The fourth-order valence-corrected chi connectivity index (χ4v) is 2.66. The molecule has 1 N–H and O–H groups in total. The van der Waals surface area contributed by atoms with Crippen LogP contribution in [-0.4, -0.2) is 35.4 Å². The van der Waals surface area contributed by atoms with Gasteiger partial charge in [0.05, 0.1) is 0 Å². The molecule has 0 aliphatic carbocycles. The van der Waals surface area contributed by atoms with Crippen molar-refractivity contribution < 1.29 is 4.79 Å². The van der Waals surface area contributed by atoms with E-state index in [0.717, 1.165) is 56.8 Å². The summed E-state index contributed by atoms with van der Waals surface area (Å²) >= 11 is 0. The summed E-state index contributed by atoms with van der Waals surface area (Å²) in [6.45, 7) is 6.46. The van der Waals surface area contributed by atoms with Gasteiger partial charge in [-0.15, -0.1) is 0 Å². The van der Waals surface area contributed by atoms with Crippen LogP contribution in [0.1, 0.15) is 44.4 Å². The number of hydrogen-bond acceptors (Lipinski definition) is 3. The van der Waals surface area contributed by atoms with E-state index in [1.54, 1.807) is 6.92 Å². The highest BCUT2D eigenvalue weighted by Gasteiger charge is 2.11. The Morgan fingerprint density at radius 2 is 2.25 bits per heavy atom. The van der Waals surface area contributed by atoms with Crippen molar-refractivity contribution in [3.63, 3.8) is 0 Å². The van der Waals surface area contributed by atoms with E-state index in [4.69, 9.17) is 0 Å². The predicted molar refractivity (Wildman–Crippen MR) is 81.9 cm³/mol. The first-order valence-corrected chi connectivity index (χ1v) is 7.69. The lowest BCUT2D eigenvalue weighted by Gasteiger charge is -2.20. The molecule has 1 aromatic rings. The number of aromatic nitrogens is 1. The Bertz CT molecular complexity index is 459. The van der Waals surface area contributed by atoms with Crippen molar-refractivity contribution in [2.45, 2.75) is 46.0 Å². The molecule has 20 heavy (non-hydrogen) atoms. The lowest BCUT2D eigenvalue weighted by Crippen LogP contribution is -2.30. The van der Waals surface area contributed by atoms with E-state index in [1.165, 1.54) is 12.0 Å². The first kappa shape index (κ1) is 14.8. The van der Waals surface area contributed by atoms with Gasteiger partial charge in [-0.1, -0.05) is 13.0 Å². The summed E-state index contributed by atoms with van der Waals surface area (Å²) in [6, 6.07) is 4.32. The summed E-state index contributed by atoms with van der Waals surface area (Å²) in [5, 5.41) is 3.37. The van der Waals surface area contributed by atoms with Gasteiger partial charge in [-0.05, 0) is 43.7 Å². The lowest BCUT2D eigenvalue weighted by atomic mass is 10.1. The van der Waals surface area contributed by atoms with Gasteiger partial charge in [0.1, 0.15) is 5.82 Å². The van der Waals surface area contributed by atoms with Crippen LogP contribution in [0.5, 0.6) is 0 Å². The number of fused-ring (bicyclic) bond motifs is 1. The summed E-state index contributed by atoms with van der Waals surface area (Å²) < 4.78 is 0. The van der Waals surface area contributed by atoms with Gasteiger partial charge in [-0.25, -0.2) is 4.98 Å². The highest BCUT2D eigenvalue weighted by molar-refractivity contribution is 5.73. The molecule has 0 saturated heterocycles. The van der Waals surface area contributed by atoms with E-state index in [0.29, 0.717) is 0 Å². The van der Waals surface area contributed by atoms with Crippen LogP contribution in [0.25, 0.3) is 0 Å². The molecule has 0 atom stereocenters. The number of carbonyl (C=O) groups excluding carboxylic acids is 1. The van der Waals surface area contributed by atoms with Crippen molar-refractivity contribution in [2.24, 2.45) is 0 Å². The molecule has 2 rings (SSSR count). The van der Waals surface area contributed by atoms with Gasteiger partial charge < -0.3 is 10.2 Å². The molecule has 1 amide bonds. The summed E-state index contributed by atoms with van der Waals surface area (Å²) in [6.07, 6.45) is 5.25. The molecule has 2 heterocycles. The Morgan fingerprint density at radius 3 is 3.00 bits per heavy atom. The third-order valence-corrected chi connectivity index (χ3v) is 3.75. The Morgan fingerprint density at radius 1 is 1.40 bits per heavy atom. The third-order valence-electron chi connectivity index (χ3n) is 3.75. The fourth-order valence-electron chi connectivity index (χ4n) is 2.66. The van der Waals surface area contributed by atoms with E-state index < -0.39 is 0 Å². The van der Waals surface area contributed by atoms with Crippen LogP contribution in [0.2, 0.25) is 0 Å². The average molecular weight is 275 g/mol. The Labute approximate surface area is 121 Å². The standard InChI is InChI=1S/C16H25N3O/c1-3-11-19(13(2)20)12-5-7-15-9-8-14-6-4-10-17-16(14)18-15/h8-9H,3-7,10-12H2,1-2H3,(H,17,18). The molecule has 4 nitrogen and oxygen atoms in total. The molecule has 0 saturated carbocycles. The molecule has 0 unspecified atom stereocenters. The lowest BCUT2D eigenvalue weighted by molar-refractivity contribution is -0.128. The van der Waals surface area contributed by atoms with Crippen LogP contribution in [0, 0.1) is 0 Å². The first-order valence-electron chi connectivity index (χ1n) is 7.69. The quantitative estimate of drug-likeness (QED) is 0.868. The molecule has 0 fully saturated rings. The summed E-state index contributed by atoms with van der Waals surface area (Å²) in [5.74, 6) is 1.23. The average Bonchev–Trinajstić information content (AvgIpc) is 2.46. The van der Waals surface area contributed by atoms with Crippen molar-refractivity contribution in [3.8, 4) is 0 Å². The molecule has 4 heteroatoms. The molecule has 1 aromatic heterocycles. The number of anilines is 1. The summed E-state index contributed by atoms with van der Waals surface area (Å²) in [4.78, 5) is 18.1. The smallest absolute Gasteiger partial charge is 0.219 e. The Kier molecular flexibility index (Phi) is 5.39. The summed E-state index contributed by atoms with van der Waals surface area (Å²) in [7, 11) is 0. The summed E-state index contributed by atoms with van der Waals surface area (Å²) in [5.41, 5.74) is 2.45. The maximum absolute atomic E-state index is 11.5. The van der Waals surface area contributed by atoms with Crippen molar-refractivity contribution in [2.75, 3.05) is 25.0 Å². The normalized spacial score (nSPS) is 13.5. The molecule has 0 radical (unpaired) electrons. The van der Waals surface area contributed by atoms with Crippen LogP contribution < -0.4 is 5.32 Å². The molecule has 1 aliphatic rings. The Hall–Kier alpha value is -1.58. The number of hydrogen-bond donors (Lipinski definition) is 1. The van der Waals surface area contributed by atoms with Crippen LogP contribution in [-0.2, 0) is 17.6 Å². The van der Waals surface area contributed by atoms with E-state index in [9.17, 15) is 4.79 Å². The van der Waals surface area contributed by atoms with Gasteiger partial charge in [0.25, 0.3) is 0 Å². The molecule has 0 bridgehead atoms. The number of nitrogens with zero attached hydrogens (tertiary/aromatic N) is 2. The minimum atomic E-state index is 0.173. The second kappa shape index (κ2) is 7.27. The first-order chi connectivity index (χ1) is 9.70. The topological polar surface area (TPSA) is 45.2 Å². The van der Waals surface area contributed by atoms with Gasteiger partial charge in [-0.3, -0.25) is 4.79 Å². The van der Waals surface area contributed by atoms with Gasteiger partial charge >= 0.3 is 0 Å². The van der Waals surface area contributed by atoms with E-state index in [2.05, 4.69) is 29.4 Å². The van der Waals surface area contributed by atoms with Crippen LogP contribution in [0.3, 0.4) is 0 Å². The fraction of sp³-hybridized carbons (Fsp3) is 0.625. The van der Waals surface area contributed by atoms with E-state index >= 15 is 0 Å². The van der Waals surface area contributed by atoms with Gasteiger partial charge in [0, 0.05) is 32.3 Å². The maximum Gasteiger partial charge on any atom is 0.219 e. The number of pyridine rings is 1. The second-order valence-corrected chi connectivity index (χ2v) is 5.45. The van der Waals surface area contributed by atoms with Gasteiger partial charge in [0.15, 0.2) is 0 Å². The number of amides is 1. The number of carbonyl (C=O) groups is 1. The van der Waals surface area contributed by atoms with Gasteiger partial charge in [0.2, 0.25) is 5.91 Å². The van der Waals surface area contributed by atoms with Crippen molar-refractivity contribution >= 4 is 11.7 Å². The van der Waals surface area contributed by atoms with Crippen LogP contribution in [0.15, 0.2) is 12.1 Å². The number of aryl methyl sites for hydroxylation is 2.